The van der Waals surface area contributed by atoms with Crippen LogP contribution < -0.4 is 0 Å². The zero-order chi connectivity index (χ0) is 17.4. The van der Waals surface area contributed by atoms with Gasteiger partial charge in [-0.3, -0.25) is 4.79 Å². The Morgan fingerprint density at radius 1 is 1.12 bits per heavy atom. The molecule has 0 saturated carbocycles. The first kappa shape index (κ1) is 16.0. The quantitative estimate of drug-likeness (QED) is 0.676. The van der Waals surface area contributed by atoms with Crippen molar-refractivity contribution in [3.8, 4) is 10.6 Å². The number of aromatic nitrogens is 1. The lowest BCUT2D eigenvalue weighted by Gasteiger charge is -2.25. The summed E-state index contributed by atoms with van der Waals surface area (Å²) in [5.41, 5.74) is 4.51. The van der Waals surface area contributed by atoms with Crippen molar-refractivity contribution in [2.24, 2.45) is 0 Å². The SMILES string of the molecule is Cc1nc(-c2ccccc2)sc1C(=O)N(C)C1CCc2ccccc21. The molecular formula is C21H20N2OS. The van der Waals surface area contributed by atoms with Crippen LogP contribution >= 0.6 is 11.3 Å². The van der Waals surface area contributed by atoms with Gasteiger partial charge in [-0.15, -0.1) is 11.3 Å². The van der Waals surface area contributed by atoms with Crippen LogP contribution in [0.25, 0.3) is 10.6 Å². The molecule has 126 valence electrons. The van der Waals surface area contributed by atoms with E-state index in [1.165, 1.54) is 22.5 Å². The number of hydrogen-bond acceptors (Lipinski definition) is 3. The van der Waals surface area contributed by atoms with Crippen LogP contribution in [0.5, 0.6) is 0 Å². The lowest BCUT2D eigenvalue weighted by atomic mass is 10.1. The van der Waals surface area contributed by atoms with E-state index < -0.39 is 0 Å². The molecule has 3 nitrogen and oxygen atoms in total. The number of aryl methyl sites for hydroxylation is 2. The highest BCUT2D eigenvalue weighted by Crippen LogP contribution is 2.37. The van der Waals surface area contributed by atoms with Gasteiger partial charge in [0.25, 0.3) is 5.91 Å². The molecule has 0 saturated heterocycles. The summed E-state index contributed by atoms with van der Waals surface area (Å²) < 4.78 is 0. The number of thiazole rings is 1. The fraction of sp³-hybridized carbons (Fsp3) is 0.238. The maximum Gasteiger partial charge on any atom is 0.266 e. The summed E-state index contributed by atoms with van der Waals surface area (Å²) in [6.07, 6.45) is 2.03. The summed E-state index contributed by atoms with van der Waals surface area (Å²) in [4.78, 5) is 20.4. The zero-order valence-corrected chi connectivity index (χ0v) is 15.2. The van der Waals surface area contributed by atoms with Crippen LogP contribution in [-0.4, -0.2) is 22.8 Å². The molecule has 1 heterocycles. The molecule has 1 amide bonds. The molecule has 25 heavy (non-hydrogen) atoms. The van der Waals surface area contributed by atoms with E-state index in [0.29, 0.717) is 0 Å². The van der Waals surface area contributed by atoms with Gasteiger partial charge in [0.1, 0.15) is 9.88 Å². The molecule has 4 rings (SSSR count). The minimum absolute atomic E-state index is 0.0684. The number of carbonyl (C=O) groups excluding carboxylic acids is 1. The Morgan fingerprint density at radius 3 is 2.64 bits per heavy atom. The highest BCUT2D eigenvalue weighted by atomic mass is 32.1. The first-order chi connectivity index (χ1) is 12.1. The van der Waals surface area contributed by atoms with E-state index >= 15 is 0 Å². The van der Waals surface area contributed by atoms with Crippen LogP contribution in [0.1, 0.15) is 39.0 Å². The molecule has 0 radical (unpaired) electrons. The minimum Gasteiger partial charge on any atom is -0.334 e. The fourth-order valence-electron chi connectivity index (χ4n) is 3.54. The monoisotopic (exact) mass is 348 g/mol. The predicted octanol–water partition coefficient (Wildman–Crippen LogP) is 4.88. The molecular weight excluding hydrogens is 328 g/mol. The Bertz CT molecular complexity index is 917. The number of hydrogen-bond donors (Lipinski definition) is 0. The summed E-state index contributed by atoms with van der Waals surface area (Å²) in [7, 11) is 1.91. The van der Waals surface area contributed by atoms with Crippen molar-refractivity contribution >= 4 is 17.2 Å². The van der Waals surface area contributed by atoms with E-state index in [4.69, 9.17) is 0 Å². The van der Waals surface area contributed by atoms with Crippen molar-refractivity contribution < 1.29 is 4.79 Å². The van der Waals surface area contributed by atoms with Crippen LogP contribution in [0.3, 0.4) is 0 Å². The molecule has 3 aromatic rings. The summed E-state index contributed by atoms with van der Waals surface area (Å²) in [5, 5.41) is 0.904. The number of rotatable bonds is 3. The highest BCUT2D eigenvalue weighted by molar-refractivity contribution is 7.17. The molecule has 1 unspecified atom stereocenters. The Hall–Kier alpha value is -2.46. The average molecular weight is 348 g/mol. The zero-order valence-electron chi connectivity index (χ0n) is 14.4. The first-order valence-electron chi connectivity index (χ1n) is 8.53. The van der Waals surface area contributed by atoms with Gasteiger partial charge in [0, 0.05) is 12.6 Å². The third-order valence-electron chi connectivity index (χ3n) is 4.90. The molecule has 0 N–H and O–H groups in total. The highest BCUT2D eigenvalue weighted by Gasteiger charge is 2.30. The van der Waals surface area contributed by atoms with E-state index in [2.05, 4.69) is 29.2 Å². The molecule has 0 spiro atoms. The van der Waals surface area contributed by atoms with Gasteiger partial charge in [-0.2, -0.15) is 0 Å². The third-order valence-corrected chi connectivity index (χ3v) is 6.10. The maximum atomic E-state index is 13.1. The molecule has 4 heteroatoms. The predicted molar refractivity (Wildman–Crippen MR) is 102 cm³/mol. The van der Waals surface area contributed by atoms with Crippen LogP contribution in [0, 0.1) is 6.92 Å². The number of carbonyl (C=O) groups is 1. The standard InChI is InChI=1S/C21H20N2OS/c1-14-19(25-20(22-14)16-9-4-3-5-10-16)21(24)23(2)18-13-12-15-8-6-7-11-17(15)18/h3-11,18H,12-13H2,1-2H3. The van der Waals surface area contributed by atoms with Crippen molar-refractivity contribution in [2.45, 2.75) is 25.8 Å². The second kappa shape index (κ2) is 6.45. The Kier molecular flexibility index (Phi) is 4.14. The maximum absolute atomic E-state index is 13.1. The molecule has 1 aliphatic rings. The van der Waals surface area contributed by atoms with Gasteiger partial charge in [0.2, 0.25) is 0 Å². The van der Waals surface area contributed by atoms with Crippen molar-refractivity contribution in [3.63, 3.8) is 0 Å². The first-order valence-corrected chi connectivity index (χ1v) is 9.34. The van der Waals surface area contributed by atoms with E-state index in [9.17, 15) is 4.79 Å². The van der Waals surface area contributed by atoms with Crippen LogP contribution in [0.2, 0.25) is 0 Å². The number of benzene rings is 2. The van der Waals surface area contributed by atoms with E-state index in [1.807, 2.05) is 49.2 Å². The number of nitrogens with zero attached hydrogens (tertiary/aromatic N) is 2. The van der Waals surface area contributed by atoms with E-state index in [1.54, 1.807) is 0 Å². The van der Waals surface area contributed by atoms with Gasteiger partial charge in [0.15, 0.2) is 0 Å². The fourth-order valence-corrected chi connectivity index (χ4v) is 4.59. The summed E-state index contributed by atoms with van der Waals surface area (Å²) >= 11 is 1.49. The molecule has 0 bridgehead atoms. The van der Waals surface area contributed by atoms with Gasteiger partial charge < -0.3 is 4.90 Å². The largest absolute Gasteiger partial charge is 0.334 e. The lowest BCUT2D eigenvalue weighted by molar-refractivity contribution is 0.0734. The summed E-state index contributed by atoms with van der Waals surface area (Å²) in [6.45, 7) is 1.92. The van der Waals surface area contributed by atoms with E-state index in [0.717, 1.165) is 34.0 Å². The van der Waals surface area contributed by atoms with Crippen molar-refractivity contribution in [3.05, 3.63) is 76.3 Å². The van der Waals surface area contributed by atoms with Gasteiger partial charge in [0.05, 0.1) is 11.7 Å². The molecule has 1 atom stereocenters. The van der Waals surface area contributed by atoms with Crippen molar-refractivity contribution in [1.82, 2.24) is 9.88 Å². The van der Waals surface area contributed by atoms with Gasteiger partial charge >= 0.3 is 0 Å². The molecule has 1 aliphatic carbocycles. The van der Waals surface area contributed by atoms with Gasteiger partial charge in [-0.1, -0.05) is 54.6 Å². The van der Waals surface area contributed by atoms with Crippen LogP contribution in [-0.2, 0) is 6.42 Å². The number of amides is 1. The van der Waals surface area contributed by atoms with Gasteiger partial charge in [-0.05, 0) is 30.9 Å². The molecule has 1 aromatic heterocycles. The number of fused-ring (bicyclic) bond motifs is 1. The Labute approximate surface area is 152 Å². The Balaban J connectivity index is 1.62. The normalized spacial score (nSPS) is 15.8. The Morgan fingerprint density at radius 2 is 1.84 bits per heavy atom. The van der Waals surface area contributed by atoms with Crippen molar-refractivity contribution in [2.75, 3.05) is 7.05 Å². The minimum atomic E-state index is 0.0684. The van der Waals surface area contributed by atoms with E-state index in [-0.39, 0.29) is 11.9 Å². The lowest BCUT2D eigenvalue weighted by Crippen LogP contribution is -2.30. The summed E-state index contributed by atoms with van der Waals surface area (Å²) in [6, 6.07) is 18.6. The topological polar surface area (TPSA) is 33.2 Å². The van der Waals surface area contributed by atoms with Crippen LogP contribution in [0.15, 0.2) is 54.6 Å². The summed E-state index contributed by atoms with van der Waals surface area (Å²) in [5.74, 6) is 0.0684. The van der Waals surface area contributed by atoms with Gasteiger partial charge in [-0.25, -0.2) is 4.98 Å². The average Bonchev–Trinajstić information content (AvgIpc) is 3.25. The smallest absolute Gasteiger partial charge is 0.266 e. The molecule has 0 fully saturated rings. The second-order valence-corrected chi connectivity index (χ2v) is 7.47. The molecule has 0 aliphatic heterocycles. The van der Waals surface area contributed by atoms with Crippen LogP contribution in [0.4, 0.5) is 0 Å². The molecule has 2 aromatic carbocycles. The second-order valence-electron chi connectivity index (χ2n) is 6.47. The van der Waals surface area contributed by atoms with Crippen molar-refractivity contribution in [1.29, 1.82) is 0 Å². The third kappa shape index (κ3) is 2.87.